The Labute approximate surface area is 114 Å². The Bertz CT molecular complexity index is 441. The Balaban J connectivity index is 1.98. The van der Waals surface area contributed by atoms with Crippen molar-refractivity contribution in [2.45, 2.75) is 38.6 Å². The molecule has 2 heterocycles. The standard InChI is InChI=1S/C14H24N4O/c1-4-11-9-12(18(3)17-11)7-10-5-6-16-13(8-10)14(19)15-2/h9-10,13,16H,4-8H2,1-3H3,(H,15,19). The number of nitrogens with zero attached hydrogens (tertiary/aromatic N) is 2. The molecule has 1 saturated heterocycles. The summed E-state index contributed by atoms with van der Waals surface area (Å²) in [4.78, 5) is 11.7. The van der Waals surface area contributed by atoms with Gasteiger partial charge in [0.25, 0.3) is 0 Å². The number of aromatic nitrogens is 2. The molecule has 2 N–H and O–H groups in total. The molecule has 1 aromatic heterocycles. The van der Waals surface area contributed by atoms with Gasteiger partial charge in [-0.05, 0) is 44.2 Å². The van der Waals surface area contributed by atoms with Crippen molar-refractivity contribution in [1.82, 2.24) is 20.4 Å². The predicted octanol–water partition coefficient (Wildman–Crippen LogP) is 0.639. The van der Waals surface area contributed by atoms with E-state index in [9.17, 15) is 4.79 Å². The maximum absolute atomic E-state index is 11.7. The molecule has 2 unspecified atom stereocenters. The zero-order valence-electron chi connectivity index (χ0n) is 12.1. The van der Waals surface area contributed by atoms with Crippen LogP contribution in [0.4, 0.5) is 0 Å². The number of aryl methyl sites for hydroxylation is 2. The van der Waals surface area contributed by atoms with E-state index < -0.39 is 0 Å². The lowest BCUT2D eigenvalue weighted by Gasteiger charge is -2.29. The van der Waals surface area contributed by atoms with Gasteiger partial charge in [-0.3, -0.25) is 9.48 Å². The first kappa shape index (κ1) is 14.1. The first-order valence-corrected chi connectivity index (χ1v) is 7.10. The maximum atomic E-state index is 11.7. The average molecular weight is 264 g/mol. The van der Waals surface area contributed by atoms with Crippen molar-refractivity contribution in [3.63, 3.8) is 0 Å². The molecular weight excluding hydrogens is 240 g/mol. The predicted molar refractivity (Wildman–Crippen MR) is 74.9 cm³/mol. The van der Waals surface area contributed by atoms with Crippen LogP contribution >= 0.6 is 0 Å². The van der Waals surface area contributed by atoms with E-state index >= 15 is 0 Å². The lowest BCUT2D eigenvalue weighted by atomic mass is 9.88. The third-order valence-corrected chi connectivity index (χ3v) is 3.96. The van der Waals surface area contributed by atoms with E-state index in [0.717, 1.165) is 37.9 Å². The van der Waals surface area contributed by atoms with Gasteiger partial charge in [-0.15, -0.1) is 0 Å². The highest BCUT2D eigenvalue weighted by Gasteiger charge is 2.26. The van der Waals surface area contributed by atoms with Crippen LogP contribution in [0.2, 0.25) is 0 Å². The average Bonchev–Trinajstić information content (AvgIpc) is 2.79. The lowest BCUT2D eigenvalue weighted by molar-refractivity contribution is -0.123. The molecule has 1 fully saturated rings. The second kappa shape index (κ2) is 6.19. The quantitative estimate of drug-likeness (QED) is 0.839. The highest BCUT2D eigenvalue weighted by atomic mass is 16.2. The highest BCUT2D eigenvalue weighted by molar-refractivity contribution is 5.81. The number of nitrogens with one attached hydrogen (secondary N) is 2. The summed E-state index contributed by atoms with van der Waals surface area (Å²) in [7, 11) is 3.70. The van der Waals surface area contributed by atoms with E-state index in [0.29, 0.717) is 5.92 Å². The number of hydrogen-bond acceptors (Lipinski definition) is 3. The van der Waals surface area contributed by atoms with Gasteiger partial charge in [0.1, 0.15) is 0 Å². The minimum atomic E-state index is -0.0392. The fourth-order valence-corrected chi connectivity index (χ4v) is 2.79. The normalized spacial score (nSPS) is 23.3. The summed E-state index contributed by atoms with van der Waals surface area (Å²) in [5.41, 5.74) is 2.42. The van der Waals surface area contributed by atoms with Crippen LogP contribution in [0.3, 0.4) is 0 Å². The van der Waals surface area contributed by atoms with Gasteiger partial charge in [-0.2, -0.15) is 5.10 Å². The summed E-state index contributed by atoms with van der Waals surface area (Å²) < 4.78 is 1.98. The van der Waals surface area contributed by atoms with Gasteiger partial charge in [0.2, 0.25) is 5.91 Å². The van der Waals surface area contributed by atoms with Crippen LogP contribution in [0.25, 0.3) is 0 Å². The molecule has 5 heteroatoms. The van der Waals surface area contributed by atoms with E-state index in [2.05, 4.69) is 28.7 Å². The molecule has 1 aliphatic heterocycles. The number of rotatable bonds is 4. The first-order valence-electron chi connectivity index (χ1n) is 7.10. The van der Waals surface area contributed by atoms with Crippen molar-refractivity contribution in [3.05, 3.63) is 17.5 Å². The zero-order chi connectivity index (χ0) is 13.8. The number of hydrogen-bond donors (Lipinski definition) is 2. The van der Waals surface area contributed by atoms with Crippen LogP contribution in [0.15, 0.2) is 6.07 Å². The van der Waals surface area contributed by atoms with Crippen LogP contribution in [-0.2, 0) is 24.7 Å². The number of piperidine rings is 1. The number of carbonyl (C=O) groups is 1. The lowest BCUT2D eigenvalue weighted by Crippen LogP contribution is -2.48. The fourth-order valence-electron chi connectivity index (χ4n) is 2.79. The van der Waals surface area contributed by atoms with Crippen LogP contribution in [0.1, 0.15) is 31.2 Å². The molecule has 2 atom stereocenters. The monoisotopic (exact) mass is 264 g/mol. The molecular formula is C14H24N4O. The summed E-state index contributed by atoms with van der Waals surface area (Å²) in [5, 5.41) is 10.5. The van der Waals surface area contributed by atoms with Crippen LogP contribution in [0.5, 0.6) is 0 Å². The molecule has 1 aromatic rings. The summed E-state index contributed by atoms with van der Waals surface area (Å²) in [6.45, 7) is 3.04. The SMILES string of the molecule is CCc1cc(CC2CCNC(C(=O)NC)C2)n(C)n1. The van der Waals surface area contributed by atoms with Gasteiger partial charge in [-0.1, -0.05) is 6.92 Å². The number of carbonyl (C=O) groups excluding carboxylic acids is 1. The summed E-state index contributed by atoms with van der Waals surface area (Å²) >= 11 is 0. The Hall–Kier alpha value is -1.36. The van der Waals surface area contributed by atoms with Gasteiger partial charge < -0.3 is 10.6 Å². The Morgan fingerprint density at radius 2 is 2.42 bits per heavy atom. The minimum absolute atomic E-state index is 0.0392. The van der Waals surface area contributed by atoms with Crippen LogP contribution < -0.4 is 10.6 Å². The molecule has 106 valence electrons. The third-order valence-electron chi connectivity index (χ3n) is 3.96. The van der Waals surface area contributed by atoms with Gasteiger partial charge in [0.05, 0.1) is 11.7 Å². The first-order chi connectivity index (χ1) is 9.13. The number of amides is 1. The van der Waals surface area contributed by atoms with E-state index in [1.54, 1.807) is 7.05 Å². The molecule has 5 nitrogen and oxygen atoms in total. The van der Waals surface area contributed by atoms with Crippen LogP contribution in [-0.4, -0.2) is 35.3 Å². The smallest absolute Gasteiger partial charge is 0.236 e. The Kier molecular flexibility index (Phi) is 4.58. The largest absolute Gasteiger partial charge is 0.358 e. The second-order valence-electron chi connectivity index (χ2n) is 5.32. The second-order valence-corrected chi connectivity index (χ2v) is 5.32. The Morgan fingerprint density at radius 3 is 3.05 bits per heavy atom. The number of likely N-dealkylation sites (N-methyl/N-ethyl adjacent to an activating group) is 1. The van der Waals surface area contributed by atoms with Crippen molar-refractivity contribution in [1.29, 1.82) is 0 Å². The third kappa shape index (κ3) is 3.35. The fraction of sp³-hybridized carbons (Fsp3) is 0.714. The van der Waals surface area contributed by atoms with Crippen molar-refractivity contribution in [3.8, 4) is 0 Å². The summed E-state index contributed by atoms with van der Waals surface area (Å²) in [5.74, 6) is 0.660. The van der Waals surface area contributed by atoms with Gasteiger partial charge in [0.15, 0.2) is 0 Å². The van der Waals surface area contributed by atoms with E-state index in [-0.39, 0.29) is 11.9 Å². The molecule has 19 heavy (non-hydrogen) atoms. The van der Waals surface area contributed by atoms with E-state index in [1.807, 2.05) is 11.7 Å². The van der Waals surface area contributed by atoms with Gasteiger partial charge in [0, 0.05) is 19.8 Å². The molecule has 0 spiro atoms. The molecule has 1 aliphatic rings. The molecule has 1 amide bonds. The van der Waals surface area contributed by atoms with Crippen molar-refractivity contribution in [2.24, 2.45) is 13.0 Å². The molecule has 0 bridgehead atoms. The van der Waals surface area contributed by atoms with Crippen molar-refractivity contribution < 1.29 is 4.79 Å². The molecule has 0 saturated carbocycles. The Morgan fingerprint density at radius 1 is 1.63 bits per heavy atom. The van der Waals surface area contributed by atoms with Gasteiger partial charge >= 0.3 is 0 Å². The van der Waals surface area contributed by atoms with Crippen molar-refractivity contribution >= 4 is 5.91 Å². The van der Waals surface area contributed by atoms with E-state index in [4.69, 9.17) is 0 Å². The van der Waals surface area contributed by atoms with Crippen molar-refractivity contribution in [2.75, 3.05) is 13.6 Å². The maximum Gasteiger partial charge on any atom is 0.236 e. The van der Waals surface area contributed by atoms with Gasteiger partial charge in [-0.25, -0.2) is 0 Å². The molecule has 2 rings (SSSR count). The zero-order valence-corrected chi connectivity index (χ0v) is 12.1. The molecule has 0 aromatic carbocycles. The minimum Gasteiger partial charge on any atom is -0.358 e. The molecule has 0 aliphatic carbocycles. The molecule has 0 radical (unpaired) electrons. The van der Waals surface area contributed by atoms with E-state index in [1.165, 1.54) is 5.69 Å². The summed E-state index contributed by atoms with van der Waals surface area (Å²) in [6.07, 6.45) is 4.02. The van der Waals surface area contributed by atoms with Crippen LogP contribution in [0, 0.1) is 5.92 Å². The topological polar surface area (TPSA) is 59.0 Å². The summed E-state index contributed by atoms with van der Waals surface area (Å²) in [6, 6.07) is 2.15. The highest BCUT2D eigenvalue weighted by Crippen LogP contribution is 2.21.